The molecular formula is C17H24N2O10S. The molecular weight excluding hydrogens is 424 g/mol. The van der Waals surface area contributed by atoms with Gasteiger partial charge in [-0.25, -0.2) is 0 Å². The minimum absolute atomic E-state index is 0.164. The Morgan fingerprint density at radius 2 is 1.30 bits per heavy atom. The summed E-state index contributed by atoms with van der Waals surface area (Å²) < 4.78 is 26.4. The van der Waals surface area contributed by atoms with E-state index < -0.39 is 60.4 Å². The number of hydrogen-bond acceptors (Lipinski definition) is 11. The largest absolute Gasteiger partial charge is 0.463 e. The lowest BCUT2D eigenvalue weighted by Gasteiger charge is -2.44. The van der Waals surface area contributed by atoms with E-state index in [4.69, 9.17) is 35.9 Å². The van der Waals surface area contributed by atoms with Crippen molar-refractivity contribution in [3.63, 3.8) is 0 Å². The molecule has 5 unspecified atom stereocenters. The third-order valence-electron chi connectivity index (χ3n) is 3.55. The van der Waals surface area contributed by atoms with Gasteiger partial charge in [0.05, 0.1) is 0 Å². The van der Waals surface area contributed by atoms with Crippen LogP contribution in [-0.2, 0) is 47.7 Å². The zero-order valence-electron chi connectivity index (χ0n) is 17.1. The summed E-state index contributed by atoms with van der Waals surface area (Å²) in [5, 5.41) is 4.78. The van der Waals surface area contributed by atoms with Gasteiger partial charge in [-0.15, -0.1) is 0 Å². The first-order chi connectivity index (χ1) is 13.9. The summed E-state index contributed by atoms with van der Waals surface area (Å²) in [6.45, 7) is 5.35. The molecule has 1 fully saturated rings. The van der Waals surface area contributed by atoms with Crippen LogP contribution in [-0.4, -0.2) is 72.1 Å². The zero-order valence-corrected chi connectivity index (χ0v) is 17.9. The quantitative estimate of drug-likeness (QED) is 0.293. The maximum absolute atomic E-state index is 11.7. The van der Waals surface area contributed by atoms with Gasteiger partial charge in [-0.3, -0.25) is 24.0 Å². The molecule has 1 aliphatic rings. The molecule has 1 rings (SSSR count). The molecule has 0 aliphatic carbocycles. The van der Waals surface area contributed by atoms with Crippen LogP contribution in [0, 0.1) is 0 Å². The summed E-state index contributed by atoms with van der Waals surface area (Å²) in [5.74, 6) is -3.36. The molecule has 1 amide bonds. The molecule has 168 valence electrons. The van der Waals surface area contributed by atoms with Crippen LogP contribution in [0.3, 0.4) is 0 Å². The molecule has 12 nitrogen and oxygen atoms in total. The lowest BCUT2D eigenvalue weighted by Crippen LogP contribution is -2.66. The predicted molar refractivity (Wildman–Crippen MR) is 102 cm³/mol. The zero-order chi connectivity index (χ0) is 23.0. The summed E-state index contributed by atoms with van der Waals surface area (Å²) in [6.07, 6.45) is -6.29. The van der Waals surface area contributed by atoms with Crippen LogP contribution in [0.25, 0.3) is 0 Å². The first kappa shape index (κ1) is 25.2. The van der Waals surface area contributed by atoms with Gasteiger partial charge in [0.1, 0.15) is 12.7 Å². The Bertz CT molecular complexity index is 713. The minimum atomic E-state index is -1.33. The fourth-order valence-corrected chi connectivity index (χ4v) is 2.93. The van der Waals surface area contributed by atoms with Crippen molar-refractivity contribution >= 4 is 47.1 Å². The van der Waals surface area contributed by atoms with Crippen molar-refractivity contribution in [2.75, 3.05) is 6.61 Å². The van der Waals surface area contributed by atoms with Crippen molar-refractivity contribution in [2.45, 2.75) is 65.3 Å². The summed E-state index contributed by atoms with van der Waals surface area (Å²) in [5.41, 5.74) is 0. The van der Waals surface area contributed by atoms with Gasteiger partial charge in [0, 0.05) is 34.6 Å². The Morgan fingerprint density at radius 1 is 0.800 bits per heavy atom. The maximum atomic E-state index is 11.7. The first-order valence-electron chi connectivity index (χ1n) is 8.79. The van der Waals surface area contributed by atoms with E-state index in [1.165, 1.54) is 6.92 Å². The average Bonchev–Trinajstić information content (AvgIpc) is 2.56. The van der Waals surface area contributed by atoms with E-state index in [0.717, 1.165) is 27.7 Å². The highest BCUT2D eigenvalue weighted by molar-refractivity contribution is 7.80. The fourth-order valence-electron chi connectivity index (χ4n) is 2.67. The first-order valence-corrected chi connectivity index (χ1v) is 9.20. The van der Waals surface area contributed by atoms with Gasteiger partial charge in [0.25, 0.3) is 0 Å². The molecule has 0 spiro atoms. The van der Waals surface area contributed by atoms with E-state index >= 15 is 0 Å². The SMILES string of the molecule is CC(=O)NC(=S)NC1OC(COC(C)=O)C(OC(C)=O)C(OC(C)=O)C1OC(C)=O. The van der Waals surface area contributed by atoms with E-state index in [2.05, 4.69) is 10.6 Å². The van der Waals surface area contributed by atoms with Crippen LogP contribution < -0.4 is 10.6 Å². The van der Waals surface area contributed by atoms with Crippen LogP contribution in [0.2, 0.25) is 0 Å². The normalized spacial score (nSPS) is 25.3. The molecule has 5 atom stereocenters. The van der Waals surface area contributed by atoms with Gasteiger partial charge in [0.2, 0.25) is 5.91 Å². The monoisotopic (exact) mass is 448 g/mol. The molecule has 0 aromatic carbocycles. The smallest absolute Gasteiger partial charge is 0.303 e. The molecule has 1 saturated heterocycles. The highest BCUT2D eigenvalue weighted by Crippen LogP contribution is 2.28. The number of amides is 1. The summed E-state index contributed by atoms with van der Waals surface area (Å²) in [6, 6.07) is 0. The molecule has 13 heteroatoms. The van der Waals surface area contributed by atoms with Crippen LogP contribution in [0.15, 0.2) is 0 Å². The van der Waals surface area contributed by atoms with Crippen molar-refractivity contribution in [1.29, 1.82) is 0 Å². The number of rotatable bonds is 6. The van der Waals surface area contributed by atoms with E-state index in [-0.39, 0.29) is 11.7 Å². The molecule has 0 saturated carbocycles. The lowest BCUT2D eigenvalue weighted by atomic mass is 9.97. The van der Waals surface area contributed by atoms with Crippen LogP contribution in [0.5, 0.6) is 0 Å². The van der Waals surface area contributed by atoms with Gasteiger partial charge in [-0.05, 0) is 12.2 Å². The fraction of sp³-hybridized carbons (Fsp3) is 0.647. The Labute approximate surface area is 177 Å². The van der Waals surface area contributed by atoms with Crippen molar-refractivity contribution < 1.29 is 47.7 Å². The Kier molecular flexibility index (Phi) is 9.59. The van der Waals surface area contributed by atoms with Crippen molar-refractivity contribution in [3.05, 3.63) is 0 Å². The second kappa shape index (κ2) is 11.4. The van der Waals surface area contributed by atoms with Crippen LogP contribution in [0.4, 0.5) is 0 Å². The second-order valence-electron chi connectivity index (χ2n) is 6.27. The number of carbonyl (C=O) groups is 5. The summed E-state index contributed by atoms with van der Waals surface area (Å²) >= 11 is 5.01. The van der Waals surface area contributed by atoms with Gasteiger partial charge >= 0.3 is 23.9 Å². The Morgan fingerprint density at radius 3 is 1.77 bits per heavy atom. The number of thiocarbonyl (C=S) groups is 1. The van der Waals surface area contributed by atoms with E-state index in [1.54, 1.807) is 0 Å². The van der Waals surface area contributed by atoms with E-state index in [9.17, 15) is 24.0 Å². The van der Waals surface area contributed by atoms with Gasteiger partial charge in [0.15, 0.2) is 29.7 Å². The molecule has 0 bridgehead atoms. The predicted octanol–water partition coefficient (Wildman–Crippen LogP) is -0.920. The van der Waals surface area contributed by atoms with Crippen molar-refractivity contribution in [1.82, 2.24) is 10.6 Å². The van der Waals surface area contributed by atoms with Gasteiger partial charge in [-0.2, -0.15) is 0 Å². The standard InChI is InChI=1S/C17H24N2O10S/c1-7(20)18-17(30)19-16-15(28-11(5)24)14(27-10(4)23)13(26-9(3)22)12(29-16)6-25-8(2)21/h12-16H,6H2,1-5H3,(H2,18,19,20,30). The lowest BCUT2D eigenvalue weighted by molar-refractivity contribution is -0.254. The molecule has 1 aliphatic heterocycles. The topological polar surface area (TPSA) is 156 Å². The Hall–Kier alpha value is -2.80. The minimum Gasteiger partial charge on any atom is -0.463 e. The average molecular weight is 448 g/mol. The van der Waals surface area contributed by atoms with E-state index in [1.807, 2.05) is 0 Å². The maximum Gasteiger partial charge on any atom is 0.303 e. The van der Waals surface area contributed by atoms with Crippen molar-refractivity contribution in [2.24, 2.45) is 0 Å². The highest BCUT2D eigenvalue weighted by atomic mass is 32.1. The third kappa shape index (κ3) is 8.29. The highest BCUT2D eigenvalue weighted by Gasteiger charge is 2.52. The van der Waals surface area contributed by atoms with Crippen molar-refractivity contribution in [3.8, 4) is 0 Å². The number of carbonyl (C=O) groups excluding carboxylic acids is 5. The third-order valence-corrected chi connectivity index (χ3v) is 3.77. The molecule has 2 N–H and O–H groups in total. The number of hydrogen-bond donors (Lipinski definition) is 2. The number of ether oxygens (including phenoxy) is 5. The number of nitrogens with one attached hydrogen (secondary N) is 2. The molecule has 0 aromatic heterocycles. The second-order valence-corrected chi connectivity index (χ2v) is 6.68. The van der Waals surface area contributed by atoms with Crippen LogP contribution in [0.1, 0.15) is 34.6 Å². The number of esters is 4. The van der Waals surface area contributed by atoms with Gasteiger partial charge in [-0.1, -0.05) is 0 Å². The Balaban J connectivity index is 3.32. The van der Waals surface area contributed by atoms with Crippen LogP contribution >= 0.6 is 12.2 Å². The van der Waals surface area contributed by atoms with Gasteiger partial charge < -0.3 is 34.3 Å². The molecule has 0 aromatic rings. The molecule has 1 heterocycles. The van der Waals surface area contributed by atoms with E-state index in [0.29, 0.717) is 0 Å². The summed E-state index contributed by atoms with van der Waals surface area (Å²) in [4.78, 5) is 57.4. The molecule has 30 heavy (non-hydrogen) atoms. The summed E-state index contributed by atoms with van der Waals surface area (Å²) in [7, 11) is 0. The molecule has 0 radical (unpaired) electrons.